The fourth-order valence-electron chi connectivity index (χ4n) is 1.63. The van der Waals surface area contributed by atoms with Crippen molar-refractivity contribution in [2.24, 2.45) is 0 Å². The van der Waals surface area contributed by atoms with Crippen molar-refractivity contribution < 1.29 is 5.11 Å². The van der Waals surface area contributed by atoms with Gasteiger partial charge in [0.05, 0.1) is 12.3 Å². The lowest BCUT2D eigenvalue weighted by Gasteiger charge is -2.10. The zero-order valence-corrected chi connectivity index (χ0v) is 10.2. The topological polar surface area (TPSA) is 53.1 Å². The summed E-state index contributed by atoms with van der Waals surface area (Å²) in [5.41, 5.74) is 1.35. The molecule has 0 saturated carbocycles. The van der Waals surface area contributed by atoms with Crippen LogP contribution in [0.25, 0.3) is 11.1 Å². The number of hydrogen-bond donors (Lipinski definition) is 2. The van der Waals surface area contributed by atoms with E-state index < -0.39 is 0 Å². The number of pyridine rings is 1. The monoisotopic (exact) mass is 269 g/mol. The Bertz CT molecular complexity index is 587. The van der Waals surface area contributed by atoms with Crippen LogP contribution in [0.2, 0.25) is 10.0 Å². The van der Waals surface area contributed by atoms with Gasteiger partial charge in [-0.1, -0.05) is 29.3 Å². The smallest absolute Gasteiger partial charge is 0.248 e. The molecule has 1 heterocycles. The minimum atomic E-state index is -0.285. The molecule has 0 unspecified atom stereocenters. The number of hydrogen-bond acceptors (Lipinski definition) is 2. The average molecular weight is 270 g/mol. The molecule has 88 valence electrons. The van der Waals surface area contributed by atoms with Crippen LogP contribution in [-0.2, 0) is 6.61 Å². The van der Waals surface area contributed by atoms with E-state index in [0.29, 0.717) is 26.9 Å². The third-order valence-corrected chi connectivity index (χ3v) is 3.02. The Morgan fingerprint density at radius 3 is 2.35 bits per heavy atom. The molecule has 2 N–H and O–H groups in total. The minimum absolute atomic E-state index is 0.277. The average Bonchev–Trinajstić information content (AvgIpc) is 2.30. The second kappa shape index (κ2) is 4.92. The van der Waals surface area contributed by atoms with Crippen LogP contribution in [0.1, 0.15) is 5.69 Å². The molecular formula is C12H9Cl2NO2. The Hall–Kier alpha value is -1.29. The maximum Gasteiger partial charge on any atom is 0.248 e. The second-order valence-corrected chi connectivity index (χ2v) is 4.28. The molecule has 0 saturated heterocycles. The molecule has 0 amide bonds. The SMILES string of the molecule is O=c1ccc(-c2c(Cl)cccc2Cl)c(CO)[nH]1. The number of halogens is 2. The van der Waals surface area contributed by atoms with Gasteiger partial charge < -0.3 is 10.1 Å². The first kappa shape index (κ1) is 12.2. The normalized spacial score (nSPS) is 10.5. The Balaban J connectivity index is 2.72. The number of H-pyrrole nitrogens is 1. The number of nitrogens with one attached hydrogen (secondary N) is 1. The lowest BCUT2D eigenvalue weighted by atomic mass is 10.0. The van der Waals surface area contributed by atoms with Gasteiger partial charge in [0.25, 0.3) is 0 Å². The third kappa shape index (κ3) is 2.36. The number of benzene rings is 1. The summed E-state index contributed by atoms with van der Waals surface area (Å²) in [4.78, 5) is 13.7. The summed E-state index contributed by atoms with van der Waals surface area (Å²) in [6, 6.07) is 8.11. The molecule has 0 aliphatic carbocycles. The van der Waals surface area contributed by atoms with E-state index in [2.05, 4.69) is 4.98 Å². The molecule has 0 bridgehead atoms. The first-order valence-corrected chi connectivity index (χ1v) is 5.66. The van der Waals surface area contributed by atoms with E-state index in [1.54, 1.807) is 24.3 Å². The Morgan fingerprint density at radius 2 is 1.76 bits per heavy atom. The van der Waals surface area contributed by atoms with Crippen LogP contribution in [0.3, 0.4) is 0 Å². The highest BCUT2D eigenvalue weighted by molar-refractivity contribution is 6.39. The lowest BCUT2D eigenvalue weighted by Crippen LogP contribution is -2.08. The summed E-state index contributed by atoms with van der Waals surface area (Å²) < 4.78 is 0. The molecule has 0 spiro atoms. The van der Waals surface area contributed by atoms with E-state index in [4.69, 9.17) is 23.2 Å². The van der Waals surface area contributed by atoms with Gasteiger partial charge in [0.2, 0.25) is 5.56 Å². The number of aliphatic hydroxyl groups excluding tert-OH is 1. The molecule has 0 aliphatic rings. The standard InChI is InChI=1S/C12H9Cl2NO2/c13-8-2-1-3-9(14)12(8)7-4-5-11(17)15-10(7)6-16/h1-5,16H,6H2,(H,15,17). The molecule has 0 radical (unpaired) electrons. The van der Waals surface area contributed by atoms with Gasteiger partial charge in [0.15, 0.2) is 0 Å². The van der Waals surface area contributed by atoms with Crippen LogP contribution in [0.15, 0.2) is 35.1 Å². The van der Waals surface area contributed by atoms with E-state index >= 15 is 0 Å². The van der Waals surface area contributed by atoms with Crippen LogP contribution in [0.5, 0.6) is 0 Å². The highest BCUT2D eigenvalue weighted by atomic mass is 35.5. The van der Waals surface area contributed by atoms with Crippen LogP contribution in [-0.4, -0.2) is 10.1 Å². The van der Waals surface area contributed by atoms with E-state index in [0.717, 1.165) is 0 Å². The third-order valence-electron chi connectivity index (χ3n) is 2.39. The van der Waals surface area contributed by atoms with Crippen molar-refractivity contribution in [1.82, 2.24) is 4.98 Å². The lowest BCUT2D eigenvalue weighted by molar-refractivity contribution is 0.277. The molecule has 0 aliphatic heterocycles. The fraction of sp³-hybridized carbons (Fsp3) is 0.0833. The Kier molecular flexibility index (Phi) is 3.52. The molecule has 2 rings (SSSR count). The van der Waals surface area contributed by atoms with Crippen molar-refractivity contribution in [3.8, 4) is 11.1 Å². The molecule has 1 aromatic carbocycles. The number of aromatic amines is 1. The highest BCUT2D eigenvalue weighted by Gasteiger charge is 2.12. The quantitative estimate of drug-likeness (QED) is 0.881. The Morgan fingerprint density at radius 1 is 1.12 bits per heavy atom. The molecule has 3 nitrogen and oxygen atoms in total. The van der Waals surface area contributed by atoms with E-state index in [1.807, 2.05) is 0 Å². The first-order chi connectivity index (χ1) is 8.13. The van der Waals surface area contributed by atoms with Crippen molar-refractivity contribution in [2.45, 2.75) is 6.61 Å². The molecule has 2 aromatic rings. The predicted molar refractivity (Wildman–Crippen MR) is 68.4 cm³/mol. The van der Waals surface area contributed by atoms with E-state index in [9.17, 15) is 9.90 Å². The van der Waals surface area contributed by atoms with E-state index in [-0.39, 0.29) is 12.2 Å². The van der Waals surface area contributed by atoms with Gasteiger partial charge in [-0.2, -0.15) is 0 Å². The van der Waals surface area contributed by atoms with Gasteiger partial charge in [-0.05, 0) is 18.2 Å². The van der Waals surface area contributed by atoms with Gasteiger partial charge in [0.1, 0.15) is 0 Å². The number of aromatic nitrogens is 1. The first-order valence-electron chi connectivity index (χ1n) is 4.91. The molecule has 0 fully saturated rings. The molecule has 1 aromatic heterocycles. The molecule has 5 heteroatoms. The Labute approximate surface area is 108 Å². The molecule has 17 heavy (non-hydrogen) atoms. The molecular weight excluding hydrogens is 261 g/mol. The summed E-state index contributed by atoms with van der Waals surface area (Å²) in [6.07, 6.45) is 0. The molecule has 0 atom stereocenters. The van der Waals surface area contributed by atoms with Crippen molar-refractivity contribution in [3.63, 3.8) is 0 Å². The zero-order valence-electron chi connectivity index (χ0n) is 8.71. The van der Waals surface area contributed by atoms with Crippen LogP contribution >= 0.6 is 23.2 Å². The van der Waals surface area contributed by atoms with Crippen LogP contribution in [0.4, 0.5) is 0 Å². The van der Waals surface area contributed by atoms with Gasteiger partial charge in [-0.25, -0.2) is 0 Å². The van der Waals surface area contributed by atoms with Crippen molar-refractivity contribution >= 4 is 23.2 Å². The van der Waals surface area contributed by atoms with Crippen molar-refractivity contribution in [1.29, 1.82) is 0 Å². The minimum Gasteiger partial charge on any atom is -0.390 e. The zero-order chi connectivity index (χ0) is 12.4. The number of aliphatic hydroxyl groups is 1. The van der Waals surface area contributed by atoms with Crippen LogP contribution in [0, 0.1) is 0 Å². The summed E-state index contributed by atoms with van der Waals surface area (Å²) in [6.45, 7) is -0.285. The van der Waals surface area contributed by atoms with Crippen LogP contribution < -0.4 is 5.56 Å². The van der Waals surface area contributed by atoms with E-state index in [1.165, 1.54) is 6.07 Å². The van der Waals surface area contributed by atoms with Gasteiger partial charge in [0, 0.05) is 27.2 Å². The maximum absolute atomic E-state index is 11.2. The highest BCUT2D eigenvalue weighted by Crippen LogP contribution is 2.35. The predicted octanol–water partition coefficient (Wildman–Crippen LogP) is 2.84. The summed E-state index contributed by atoms with van der Waals surface area (Å²) >= 11 is 12.1. The number of rotatable bonds is 2. The largest absolute Gasteiger partial charge is 0.390 e. The second-order valence-electron chi connectivity index (χ2n) is 3.47. The summed E-state index contributed by atoms with van der Waals surface area (Å²) in [5, 5.41) is 10.2. The summed E-state index contributed by atoms with van der Waals surface area (Å²) in [5.74, 6) is 0. The maximum atomic E-state index is 11.2. The fourth-order valence-corrected chi connectivity index (χ4v) is 2.23. The summed E-state index contributed by atoms with van der Waals surface area (Å²) in [7, 11) is 0. The van der Waals surface area contributed by atoms with Gasteiger partial charge >= 0.3 is 0 Å². The van der Waals surface area contributed by atoms with Gasteiger partial charge in [-0.3, -0.25) is 4.79 Å². The van der Waals surface area contributed by atoms with Crippen molar-refractivity contribution in [3.05, 3.63) is 56.4 Å². The van der Waals surface area contributed by atoms with Crippen molar-refractivity contribution in [2.75, 3.05) is 0 Å². The van der Waals surface area contributed by atoms with Gasteiger partial charge in [-0.15, -0.1) is 0 Å².